The summed E-state index contributed by atoms with van der Waals surface area (Å²) in [6.45, 7) is 3.62. The van der Waals surface area contributed by atoms with Gasteiger partial charge in [0.25, 0.3) is 5.91 Å². The molecule has 0 aromatic heterocycles. The molecule has 0 aliphatic heterocycles. The van der Waals surface area contributed by atoms with E-state index in [4.69, 9.17) is 4.74 Å². The van der Waals surface area contributed by atoms with Crippen LogP contribution in [0.1, 0.15) is 28.2 Å². The molecule has 0 spiro atoms. The molecule has 2 amide bonds. The molecule has 0 atom stereocenters. The summed E-state index contributed by atoms with van der Waals surface area (Å²) in [4.78, 5) is 25.1. The van der Waals surface area contributed by atoms with Gasteiger partial charge >= 0.3 is 0 Å². The van der Waals surface area contributed by atoms with Gasteiger partial charge in [-0.05, 0) is 48.2 Å². The normalized spacial score (nSPS) is 10.5. The van der Waals surface area contributed by atoms with E-state index in [2.05, 4.69) is 26.8 Å². The van der Waals surface area contributed by atoms with Gasteiger partial charge in [-0.25, -0.2) is 0 Å². The number of hydrogen-bond acceptors (Lipinski definition) is 3. The number of rotatable bonds is 6. The number of benzene rings is 3. The smallest absolute Gasteiger partial charge is 0.276 e. The number of aryl methyl sites for hydroxylation is 2. The zero-order chi connectivity index (χ0) is 21.5. The van der Waals surface area contributed by atoms with Crippen LogP contribution in [0.3, 0.4) is 0 Å². The van der Waals surface area contributed by atoms with Gasteiger partial charge in [0.2, 0.25) is 5.91 Å². The third-order valence-electron chi connectivity index (χ3n) is 4.63. The lowest BCUT2D eigenvalue weighted by Crippen LogP contribution is -2.46. The SMILES string of the molecule is Cc1cc(Br)cc(C)c1OCC(=O)NNC(=O)C(c1ccccc1)c1ccccc1. The van der Waals surface area contributed by atoms with Crippen LogP contribution < -0.4 is 15.6 Å². The number of amides is 2. The third kappa shape index (κ3) is 5.48. The second-order valence-electron chi connectivity index (χ2n) is 6.95. The van der Waals surface area contributed by atoms with Crippen molar-refractivity contribution in [1.29, 1.82) is 0 Å². The number of hydrogen-bond donors (Lipinski definition) is 2. The van der Waals surface area contributed by atoms with E-state index in [0.717, 1.165) is 26.7 Å². The Labute approximate surface area is 184 Å². The molecule has 0 radical (unpaired) electrons. The summed E-state index contributed by atoms with van der Waals surface area (Å²) in [5.74, 6) is -0.641. The minimum atomic E-state index is -0.537. The minimum Gasteiger partial charge on any atom is -0.483 e. The molecule has 0 fully saturated rings. The van der Waals surface area contributed by atoms with Crippen LogP contribution in [0.25, 0.3) is 0 Å². The van der Waals surface area contributed by atoms with Gasteiger partial charge in [0.15, 0.2) is 6.61 Å². The van der Waals surface area contributed by atoms with Gasteiger partial charge in [0.05, 0.1) is 5.92 Å². The standard InChI is InChI=1S/C24H23BrN2O3/c1-16-13-20(25)14-17(2)23(16)30-15-21(28)26-27-24(29)22(18-9-5-3-6-10-18)19-11-7-4-8-12-19/h3-14,22H,15H2,1-2H3,(H,26,28)(H,27,29). The van der Waals surface area contributed by atoms with Crippen molar-refractivity contribution in [2.24, 2.45) is 0 Å². The first kappa shape index (κ1) is 21.6. The van der Waals surface area contributed by atoms with E-state index >= 15 is 0 Å². The van der Waals surface area contributed by atoms with Gasteiger partial charge in [-0.2, -0.15) is 0 Å². The highest BCUT2D eigenvalue weighted by atomic mass is 79.9. The fourth-order valence-corrected chi connectivity index (χ4v) is 3.98. The van der Waals surface area contributed by atoms with Crippen molar-refractivity contribution in [3.05, 3.63) is 99.5 Å². The Balaban J connectivity index is 1.64. The lowest BCUT2D eigenvalue weighted by molar-refractivity contribution is -0.130. The monoisotopic (exact) mass is 466 g/mol. The van der Waals surface area contributed by atoms with E-state index in [1.54, 1.807) is 0 Å². The van der Waals surface area contributed by atoms with Crippen molar-refractivity contribution in [3.63, 3.8) is 0 Å². The Kier molecular flexibility index (Phi) is 7.25. The number of nitrogens with one attached hydrogen (secondary N) is 2. The molecule has 0 aliphatic carbocycles. The Morgan fingerprint density at radius 1 is 0.867 bits per heavy atom. The topological polar surface area (TPSA) is 67.4 Å². The predicted octanol–water partition coefficient (Wildman–Crippen LogP) is 4.42. The Hall–Kier alpha value is -3.12. The van der Waals surface area contributed by atoms with Crippen molar-refractivity contribution in [1.82, 2.24) is 10.9 Å². The van der Waals surface area contributed by atoms with Crippen molar-refractivity contribution in [2.75, 3.05) is 6.61 Å². The lowest BCUT2D eigenvalue weighted by Gasteiger charge is -2.18. The molecule has 0 bridgehead atoms. The van der Waals surface area contributed by atoms with Crippen LogP contribution >= 0.6 is 15.9 Å². The zero-order valence-electron chi connectivity index (χ0n) is 16.8. The van der Waals surface area contributed by atoms with E-state index in [-0.39, 0.29) is 12.5 Å². The van der Waals surface area contributed by atoms with Gasteiger partial charge in [-0.15, -0.1) is 0 Å². The molecule has 0 saturated heterocycles. The Morgan fingerprint density at radius 2 is 1.37 bits per heavy atom. The van der Waals surface area contributed by atoms with Crippen LogP contribution in [0, 0.1) is 13.8 Å². The summed E-state index contributed by atoms with van der Waals surface area (Å²) >= 11 is 3.44. The maximum Gasteiger partial charge on any atom is 0.276 e. The number of carbonyl (C=O) groups is 2. The third-order valence-corrected chi connectivity index (χ3v) is 5.08. The van der Waals surface area contributed by atoms with E-state index in [1.165, 1.54) is 0 Å². The van der Waals surface area contributed by atoms with Gasteiger partial charge < -0.3 is 4.74 Å². The summed E-state index contributed by atoms with van der Waals surface area (Å²) in [6, 6.07) is 22.7. The molecule has 3 rings (SSSR count). The summed E-state index contributed by atoms with van der Waals surface area (Å²) in [6.07, 6.45) is 0. The highest BCUT2D eigenvalue weighted by Crippen LogP contribution is 2.27. The number of ether oxygens (including phenoxy) is 1. The van der Waals surface area contributed by atoms with Gasteiger partial charge in [-0.3, -0.25) is 20.4 Å². The zero-order valence-corrected chi connectivity index (χ0v) is 18.4. The number of hydrazine groups is 1. The van der Waals surface area contributed by atoms with Crippen LogP contribution in [-0.4, -0.2) is 18.4 Å². The minimum absolute atomic E-state index is 0.203. The van der Waals surface area contributed by atoms with E-state index in [0.29, 0.717) is 5.75 Å². The van der Waals surface area contributed by atoms with E-state index in [1.807, 2.05) is 86.6 Å². The first-order valence-corrected chi connectivity index (χ1v) is 10.3. The highest BCUT2D eigenvalue weighted by molar-refractivity contribution is 9.10. The highest BCUT2D eigenvalue weighted by Gasteiger charge is 2.23. The molecule has 2 N–H and O–H groups in total. The van der Waals surface area contributed by atoms with E-state index in [9.17, 15) is 9.59 Å². The van der Waals surface area contributed by atoms with Crippen LogP contribution in [0.15, 0.2) is 77.3 Å². The molecule has 6 heteroatoms. The molecule has 30 heavy (non-hydrogen) atoms. The van der Waals surface area contributed by atoms with Crippen molar-refractivity contribution < 1.29 is 14.3 Å². The molecule has 5 nitrogen and oxygen atoms in total. The first-order valence-electron chi connectivity index (χ1n) is 9.54. The van der Waals surface area contributed by atoms with Crippen molar-refractivity contribution >= 4 is 27.7 Å². The number of carbonyl (C=O) groups excluding carboxylic acids is 2. The maximum absolute atomic E-state index is 12.9. The van der Waals surface area contributed by atoms with Gasteiger partial charge in [-0.1, -0.05) is 76.6 Å². The lowest BCUT2D eigenvalue weighted by atomic mass is 9.91. The molecular weight excluding hydrogens is 444 g/mol. The fourth-order valence-electron chi connectivity index (χ4n) is 3.29. The summed E-state index contributed by atoms with van der Waals surface area (Å²) in [5.41, 5.74) is 8.51. The van der Waals surface area contributed by atoms with E-state index < -0.39 is 11.8 Å². The van der Waals surface area contributed by atoms with Gasteiger partial charge in [0.1, 0.15) is 5.75 Å². The van der Waals surface area contributed by atoms with Gasteiger partial charge in [0, 0.05) is 4.47 Å². The molecule has 3 aromatic carbocycles. The largest absolute Gasteiger partial charge is 0.483 e. The van der Waals surface area contributed by atoms with Crippen LogP contribution in [0.2, 0.25) is 0 Å². The molecule has 0 saturated carbocycles. The summed E-state index contributed by atoms with van der Waals surface area (Å²) in [7, 11) is 0. The van der Waals surface area contributed by atoms with Crippen molar-refractivity contribution in [3.8, 4) is 5.75 Å². The second-order valence-corrected chi connectivity index (χ2v) is 7.86. The summed E-state index contributed by atoms with van der Waals surface area (Å²) < 4.78 is 6.62. The summed E-state index contributed by atoms with van der Waals surface area (Å²) in [5, 5.41) is 0. The molecule has 0 heterocycles. The molecule has 154 valence electrons. The molecule has 3 aromatic rings. The maximum atomic E-state index is 12.9. The quantitative estimate of drug-likeness (QED) is 0.528. The average molecular weight is 467 g/mol. The molecular formula is C24H23BrN2O3. The fraction of sp³-hybridized carbons (Fsp3) is 0.167. The average Bonchev–Trinajstić information content (AvgIpc) is 2.73. The first-order chi connectivity index (χ1) is 14.5. The Bertz CT molecular complexity index is 961. The molecule has 0 unspecified atom stereocenters. The number of halogens is 1. The van der Waals surface area contributed by atoms with Crippen molar-refractivity contribution in [2.45, 2.75) is 19.8 Å². The second kappa shape index (κ2) is 10.1. The Morgan fingerprint density at radius 3 is 1.87 bits per heavy atom. The van der Waals surface area contributed by atoms with Crippen LogP contribution in [0.4, 0.5) is 0 Å². The van der Waals surface area contributed by atoms with Crippen LogP contribution in [0.5, 0.6) is 5.75 Å². The predicted molar refractivity (Wildman–Crippen MR) is 120 cm³/mol. The molecule has 0 aliphatic rings. The van der Waals surface area contributed by atoms with Crippen LogP contribution in [-0.2, 0) is 9.59 Å².